The molecule has 1 heterocycles. The Morgan fingerprint density at radius 1 is 1.19 bits per heavy atom. The van der Waals surface area contributed by atoms with Gasteiger partial charge in [0.05, 0.1) is 37.4 Å². The summed E-state index contributed by atoms with van der Waals surface area (Å²) in [5, 5.41) is 14.5. The number of carboxylic acids is 1. The number of carbonyl (C=O) groups is 3. The number of carbonyl (C=O) groups excluding carboxylic acids is 2. The van der Waals surface area contributed by atoms with Gasteiger partial charge in [0, 0.05) is 5.69 Å². The maximum absolute atomic E-state index is 12.4. The predicted molar refractivity (Wildman–Crippen MR) is 92.6 cm³/mol. The monoisotopic (exact) mass is 360 g/mol. The molecule has 8 heteroatoms. The quantitative estimate of drug-likeness (QED) is 0.586. The molecule has 0 bridgehead atoms. The first-order chi connectivity index (χ1) is 12.5. The SMILES string of the molecule is CCOC(=O)c1ccc(NC(=O)C(CC(=O)O)NCc2ccco2)cc1. The van der Waals surface area contributed by atoms with Gasteiger partial charge in [-0.2, -0.15) is 0 Å². The molecule has 8 nitrogen and oxygen atoms in total. The minimum absolute atomic E-state index is 0.222. The summed E-state index contributed by atoms with van der Waals surface area (Å²) in [4.78, 5) is 35.0. The van der Waals surface area contributed by atoms with Crippen molar-refractivity contribution in [2.75, 3.05) is 11.9 Å². The lowest BCUT2D eigenvalue weighted by molar-refractivity contribution is -0.139. The van der Waals surface area contributed by atoms with Gasteiger partial charge in [-0.1, -0.05) is 0 Å². The van der Waals surface area contributed by atoms with Gasteiger partial charge in [0.1, 0.15) is 5.76 Å². The molecule has 138 valence electrons. The van der Waals surface area contributed by atoms with Crippen LogP contribution in [-0.2, 0) is 20.9 Å². The Bertz CT molecular complexity index is 740. The molecule has 0 radical (unpaired) electrons. The van der Waals surface area contributed by atoms with Crippen molar-refractivity contribution in [3.05, 3.63) is 54.0 Å². The fourth-order valence-corrected chi connectivity index (χ4v) is 2.20. The van der Waals surface area contributed by atoms with E-state index in [1.807, 2.05) is 0 Å². The van der Waals surface area contributed by atoms with E-state index in [1.165, 1.54) is 18.4 Å². The van der Waals surface area contributed by atoms with Gasteiger partial charge < -0.3 is 19.6 Å². The standard InChI is InChI=1S/C18H20N2O6/c1-2-25-18(24)12-5-7-13(8-6-12)20-17(23)15(10-16(21)22)19-11-14-4-3-9-26-14/h3-9,15,19H,2,10-11H2,1H3,(H,20,23)(H,21,22). The maximum atomic E-state index is 12.4. The summed E-state index contributed by atoms with van der Waals surface area (Å²) in [6, 6.07) is 8.63. The number of hydrogen-bond acceptors (Lipinski definition) is 6. The highest BCUT2D eigenvalue weighted by molar-refractivity contribution is 5.97. The van der Waals surface area contributed by atoms with E-state index in [0.29, 0.717) is 17.0 Å². The number of hydrogen-bond donors (Lipinski definition) is 3. The van der Waals surface area contributed by atoms with Crippen molar-refractivity contribution in [2.24, 2.45) is 0 Å². The fraction of sp³-hybridized carbons (Fsp3) is 0.278. The molecule has 2 rings (SSSR count). The van der Waals surface area contributed by atoms with Gasteiger partial charge in [-0.15, -0.1) is 0 Å². The molecule has 2 aromatic rings. The van der Waals surface area contributed by atoms with Crippen molar-refractivity contribution in [3.8, 4) is 0 Å². The second kappa shape index (κ2) is 9.38. The number of nitrogens with one attached hydrogen (secondary N) is 2. The van der Waals surface area contributed by atoms with Crippen LogP contribution in [0.3, 0.4) is 0 Å². The first-order valence-corrected chi connectivity index (χ1v) is 8.05. The van der Waals surface area contributed by atoms with Crippen LogP contribution in [0.2, 0.25) is 0 Å². The van der Waals surface area contributed by atoms with Gasteiger partial charge in [0.2, 0.25) is 5.91 Å². The van der Waals surface area contributed by atoms with Crippen LogP contribution in [-0.4, -0.2) is 35.6 Å². The fourth-order valence-electron chi connectivity index (χ4n) is 2.20. The van der Waals surface area contributed by atoms with Crippen molar-refractivity contribution in [3.63, 3.8) is 0 Å². The first-order valence-electron chi connectivity index (χ1n) is 8.05. The summed E-state index contributed by atoms with van der Waals surface area (Å²) in [6.45, 7) is 2.21. The van der Waals surface area contributed by atoms with Gasteiger partial charge in [-0.05, 0) is 43.3 Å². The highest BCUT2D eigenvalue weighted by Crippen LogP contribution is 2.12. The van der Waals surface area contributed by atoms with Crippen LogP contribution in [0, 0.1) is 0 Å². The third-order valence-electron chi connectivity index (χ3n) is 3.46. The van der Waals surface area contributed by atoms with Crippen LogP contribution >= 0.6 is 0 Å². The number of amides is 1. The largest absolute Gasteiger partial charge is 0.481 e. The van der Waals surface area contributed by atoms with Crippen molar-refractivity contribution in [1.82, 2.24) is 5.32 Å². The van der Waals surface area contributed by atoms with Gasteiger partial charge in [-0.25, -0.2) is 4.79 Å². The zero-order valence-corrected chi connectivity index (χ0v) is 14.2. The molecule has 1 amide bonds. The molecular weight excluding hydrogens is 340 g/mol. The normalized spacial score (nSPS) is 11.6. The number of anilines is 1. The van der Waals surface area contributed by atoms with Gasteiger partial charge in [0.15, 0.2) is 0 Å². The highest BCUT2D eigenvalue weighted by atomic mass is 16.5. The molecule has 0 saturated carbocycles. The number of benzene rings is 1. The molecule has 0 saturated heterocycles. The van der Waals surface area contributed by atoms with E-state index >= 15 is 0 Å². The van der Waals surface area contributed by atoms with Crippen LogP contribution in [0.25, 0.3) is 0 Å². The summed E-state index contributed by atoms with van der Waals surface area (Å²) in [7, 11) is 0. The zero-order valence-electron chi connectivity index (χ0n) is 14.2. The molecule has 26 heavy (non-hydrogen) atoms. The summed E-state index contributed by atoms with van der Waals surface area (Å²) < 4.78 is 10.0. The topological polar surface area (TPSA) is 118 Å². The van der Waals surface area contributed by atoms with E-state index < -0.39 is 23.9 Å². The van der Waals surface area contributed by atoms with E-state index in [-0.39, 0.29) is 19.6 Å². The van der Waals surface area contributed by atoms with Crippen LogP contribution < -0.4 is 10.6 Å². The average Bonchev–Trinajstić information content (AvgIpc) is 3.12. The first kappa shape index (κ1) is 19.2. The lowest BCUT2D eigenvalue weighted by Gasteiger charge is -2.16. The lowest BCUT2D eigenvalue weighted by atomic mass is 10.1. The van der Waals surface area contributed by atoms with Crippen molar-refractivity contribution in [2.45, 2.75) is 25.9 Å². The van der Waals surface area contributed by atoms with E-state index in [4.69, 9.17) is 14.3 Å². The Morgan fingerprint density at radius 2 is 1.92 bits per heavy atom. The number of esters is 1. The molecule has 0 spiro atoms. The lowest BCUT2D eigenvalue weighted by Crippen LogP contribution is -2.41. The Kier molecular flexibility index (Phi) is 6.92. The summed E-state index contributed by atoms with van der Waals surface area (Å²) in [6.07, 6.45) is 1.11. The maximum Gasteiger partial charge on any atom is 0.338 e. The number of rotatable bonds is 9. The average molecular weight is 360 g/mol. The third kappa shape index (κ3) is 5.75. The van der Waals surface area contributed by atoms with E-state index in [9.17, 15) is 14.4 Å². The van der Waals surface area contributed by atoms with Crippen LogP contribution in [0.1, 0.15) is 29.5 Å². The van der Waals surface area contributed by atoms with Gasteiger partial charge in [0.25, 0.3) is 0 Å². The predicted octanol–water partition coefficient (Wildman–Crippen LogP) is 2.03. The summed E-state index contributed by atoms with van der Waals surface area (Å²) in [5.74, 6) is -1.46. The highest BCUT2D eigenvalue weighted by Gasteiger charge is 2.22. The second-order valence-corrected chi connectivity index (χ2v) is 5.40. The molecule has 1 atom stereocenters. The van der Waals surface area contributed by atoms with Gasteiger partial charge >= 0.3 is 11.9 Å². The molecule has 3 N–H and O–H groups in total. The molecular formula is C18H20N2O6. The Labute approximate surface area is 150 Å². The minimum atomic E-state index is -1.10. The van der Waals surface area contributed by atoms with E-state index in [2.05, 4.69) is 10.6 Å². The third-order valence-corrected chi connectivity index (χ3v) is 3.46. The number of furan rings is 1. The second-order valence-electron chi connectivity index (χ2n) is 5.40. The summed E-state index contributed by atoms with van der Waals surface area (Å²) in [5.41, 5.74) is 0.807. The molecule has 0 aliphatic heterocycles. The van der Waals surface area contributed by atoms with Gasteiger partial charge in [-0.3, -0.25) is 14.9 Å². The van der Waals surface area contributed by atoms with Crippen molar-refractivity contribution < 1.29 is 28.6 Å². The Balaban J connectivity index is 1.98. The Hall–Kier alpha value is -3.13. The smallest absolute Gasteiger partial charge is 0.338 e. The van der Waals surface area contributed by atoms with E-state index in [0.717, 1.165) is 0 Å². The van der Waals surface area contributed by atoms with Crippen molar-refractivity contribution >= 4 is 23.5 Å². The molecule has 1 aromatic heterocycles. The number of aliphatic carboxylic acids is 1. The van der Waals surface area contributed by atoms with Crippen LogP contribution in [0.5, 0.6) is 0 Å². The van der Waals surface area contributed by atoms with Crippen LogP contribution in [0.4, 0.5) is 5.69 Å². The van der Waals surface area contributed by atoms with E-state index in [1.54, 1.807) is 31.2 Å². The number of ether oxygens (including phenoxy) is 1. The molecule has 1 unspecified atom stereocenters. The molecule has 0 aliphatic rings. The number of carboxylic acid groups (broad SMARTS) is 1. The van der Waals surface area contributed by atoms with Crippen molar-refractivity contribution in [1.29, 1.82) is 0 Å². The van der Waals surface area contributed by atoms with Crippen LogP contribution in [0.15, 0.2) is 47.1 Å². The molecule has 1 aromatic carbocycles. The summed E-state index contributed by atoms with van der Waals surface area (Å²) >= 11 is 0. The Morgan fingerprint density at radius 3 is 2.50 bits per heavy atom. The minimum Gasteiger partial charge on any atom is -0.481 e. The molecule has 0 fully saturated rings. The molecule has 0 aliphatic carbocycles. The zero-order chi connectivity index (χ0) is 18.9.